The predicted molar refractivity (Wildman–Crippen MR) is 106 cm³/mol. The fourth-order valence-corrected chi connectivity index (χ4v) is 4.55. The van der Waals surface area contributed by atoms with Crippen molar-refractivity contribution in [2.45, 2.75) is 26.3 Å². The van der Waals surface area contributed by atoms with Gasteiger partial charge in [0.05, 0.1) is 32.2 Å². The molecule has 0 atom stereocenters. The maximum Gasteiger partial charge on any atom is 0.307 e. The number of carbonyl (C=O) groups is 1. The second-order valence-electron chi connectivity index (χ2n) is 6.39. The Hall–Kier alpha value is -2.44. The van der Waals surface area contributed by atoms with Crippen molar-refractivity contribution in [2.75, 3.05) is 0 Å². The number of thiazole rings is 1. The highest BCUT2D eigenvalue weighted by atomic mass is 35.5. The zero-order valence-corrected chi connectivity index (χ0v) is 16.1. The zero-order chi connectivity index (χ0) is 19.1. The van der Waals surface area contributed by atoms with Crippen LogP contribution in [0.25, 0.3) is 21.1 Å². The molecule has 4 aromatic rings. The number of hydrogen-bond acceptors (Lipinski definition) is 3. The number of nitrogens with zero attached hydrogens (tertiary/aromatic N) is 2. The fourth-order valence-electron chi connectivity index (χ4n) is 3.44. The van der Waals surface area contributed by atoms with E-state index in [1.165, 1.54) is 6.07 Å². The van der Waals surface area contributed by atoms with Crippen molar-refractivity contribution >= 4 is 50.0 Å². The number of hydrogen-bond donors (Lipinski definition) is 1. The number of rotatable bonds is 5. The Balaban J connectivity index is 1.74. The molecule has 27 heavy (non-hydrogen) atoms. The van der Waals surface area contributed by atoms with Crippen LogP contribution in [-0.2, 0) is 24.2 Å². The van der Waals surface area contributed by atoms with E-state index in [0.29, 0.717) is 23.9 Å². The highest BCUT2D eigenvalue weighted by molar-refractivity contribution is 7.18. The number of fused-ring (bicyclic) bond motifs is 2. The van der Waals surface area contributed by atoms with Crippen LogP contribution in [0.5, 0.6) is 0 Å². The van der Waals surface area contributed by atoms with E-state index in [1.807, 2.05) is 35.8 Å². The van der Waals surface area contributed by atoms with Crippen molar-refractivity contribution in [1.82, 2.24) is 9.55 Å². The molecule has 0 amide bonds. The largest absolute Gasteiger partial charge is 0.481 e. The van der Waals surface area contributed by atoms with Crippen LogP contribution in [0, 0.1) is 12.7 Å². The fraction of sp³-hybridized carbons (Fsp3) is 0.200. The Morgan fingerprint density at radius 3 is 2.85 bits per heavy atom. The number of aryl methyl sites for hydroxylation is 2. The van der Waals surface area contributed by atoms with E-state index in [2.05, 4.69) is 4.98 Å². The monoisotopic (exact) mass is 402 g/mol. The summed E-state index contributed by atoms with van der Waals surface area (Å²) in [6.45, 7) is 2.48. The van der Waals surface area contributed by atoms with E-state index < -0.39 is 11.8 Å². The molecule has 0 aliphatic rings. The number of benzene rings is 2. The van der Waals surface area contributed by atoms with Crippen molar-refractivity contribution in [3.05, 3.63) is 63.5 Å². The summed E-state index contributed by atoms with van der Waals surface area (Å²) in [5.74, 6) is -1.49. The summed E-state index contributed by atoms with van der Waals surface area (Å²) in [6.07, 6.45) is 0.545. The van der Waals surface area contributed by atoms with Gasteiger partial charge in [0.2, 0.25) is 0 Å². The molecule has 2 aromatic heterocycles. The average Bonchev–Trinajstić information content (AvgIpc) is 3.14. The third-order valence-electron chi connectivity index (χ3n) is 4.71. The lowest BCUT2D eigenvalue weighted by Gasteiger charge is -2.08. The summed E-state index contributed by atoms with van der Waals surface area (Å²) < 4.78 is 17.1. The molecule has 138 valence electrons. The highest BCUT2D eigenvalue weighted by Gasteiger charge is 2.19. The number of para-hydroxylation sites is 1. The van der Waals surface area contributed by atoms with Gasteiger partial charge in [-0.25, -0.2) is 9.37 Å². The summed E-state index contributed by atoms with van der Waals surface area (Å²) in [4.78, 5) is 15.9. The molecular weight excluding hydrogens is 387 g/mol. The van der Waals surface area contributed by atoms with Gasteiger partial charge in [-0.3, -0.25) is 4.79 Å². The minimum atomic E-state index is -0.946. The number of carboxylic acid groups (broad SMARTS) is 1. The Bertz CT molecular complexity index is 1150. The minimum Gasteiger partial charge on any atom is -0.481 e. The van der Waals surface area contributed by atoms with Crippen LogP contribution in [0.2, 0.25) is 5.02 Å². The Morgan fingerprint density at radius 2 is 2.11 bits per heavy atom. The van der Waals surface area contributed by atoms with Gasteiger partial charge < -0.3 is 9.67 Å². The van der Waals surface area contributed by atoms with Crippen LogP contribution >= 0.6 is 22.9 Å². The van der Waals surface area contributed by atoms with Crippen molar-refractivity contribution in [3.63, 3.8) is 0 Å². The molecular formula is C20H16ClFN2O2S. The molecule has 0 saturated carbocycles. The second kappa shape index (κ2) is 6.94. The topological polar surface area (TPSA) is 55.1 Å². The van der Waals surface area contributed by atoms with Crippen molar-refractivity contribution in [1.29, 1.82) is 0 Å². The highest BCUT2D eigenvalue weighted by Crippen LogP contribution is 2.31. The summed E-state index contributed by atoms with van der Waals surface area (Å²) >= 11 is 7.63. The molecule has 0 radical (unpaired) electrons. The molecule has 2 aromatic carbocycles. The number of halogens is 2. The summed E-state index contributed by atoms with van der Waals surface area (Å²) in [7, 11) is 0. The average molecular weight is 403 g/mol. The smallest absolute Gasteiger partial charge is 0.307 e. The molecule has 0 bridgehead atoms. The van der Waals surface area contributed by atoms with E-state index in [-0.39, 0.29) is 11.4 Å². The minimum absolute atomic E-state index is 0.0307. The quantitative estimate of drug-likeness (QED) is 0.497. The van der Waals surface area contributed by atoms with Crippen LogP contribution in [-0.4, -0.2) is 20.6 Å². The van der Waals surface area contributed by atoms with Gasteiger partial charge in [-0.2, -0.15) is 0 Å². The van der Waals surface area contributed by atoms with E-state index in [9.17, 15) is 14.3 Å². The lowest BCUT2D eigenvalue weighted by Crippen LogP contribution is -2.05. The number of carboxylic acids is 1. The van der Waals surface area contributed by atoms with Gasteiger partial charge in [0.25, 0.3) is 0 Å². The first-order valence-corrected chi connectivity index (χ1v) is 9.66. The number of aliphatic carboxylic acids is 1. The molecule has 0 aliphatic heterocycles. The van der Waals surface area contributed by atoms with Crippen LogP contribution in [0.1, 0.15) is 16.3 Å². The lowest BCUT2D eigenvalue weighted by molar-refractivity contribution is -0.136. The van der Waals surface area contributed by atoms with Crippen molar-refractivity contribution in [2.24, 2.45) is 0 Å². The van der Waals surface area contributed by atoms with Gasteiger partial charge in [0, 0.05) is 24.0 Å². The molecule has 0 spiro atoms. The molecule has 0 unspecified atom stereocenters. The van der Waals surface area contributed by atoms with E-state index >= 15 is 0 Å². The van der Waals surface area contributed by atoms with Crippen LogP contribution in [0.4, 0.5) is 4.39 Å². The maximum absolute atomic E-state index is 14.0. The molecule has 0 saturated heterocycles. The Kier molecular flexibility index (Phi) is 4.61. The maximum atomic E-state index is 14.0. The molecule has 4 nitrogen and oxygen atoms in total. The van der Waals surface area contributed by atoms with E-state index in [0.717, 1.165) is 26.4 Å². The third-order valence-corrected chi connectivity index (χ3v) is 6.10. The second-order valence-corrected chi connectivity index (χ2v) is 7.92. The first kappa shape index (κ1) is 17.9. The first-order valence-electron chi connectivity index (χ1n) is 8.47. The molecule has 0 aliphatic carbocycles. The van der Waals surface area contributed by atoms with Gasteiger partial charge in [-0.05, 0) is 36.8 Å². The van der Waals surface area contributed by atoms with E-state index in [1.54, 1.807) is 17.4 Å². The van der Waals surface area contributed by atoms with Gasteiger partial charge >= 0.3 is 5.97 Å². The Morgan fingerprint density at radius 1 is 1.33 bits per heavy atom. The van der Waals surface area contributed by atoms with E-state index in [4.69, 9.17) is 11.6 Å². The SMILES string of the molecule is Cc1c(CC(=O)O)c2cc(F)c(Cl)cc2n1CCc1nc2ccccc2s1. The molecule has 2 heterocycles. The van der Waals surface area contributed by atoms with Gasteiger partial charge in [-0.1, -0.05) is 23.7 Å². The predicted octanol–water partition coefficient (Wildman–Crippen LogP) is 5.22. The summed E-state index contributed by atoms with van der Waals surface area (Å²) in [6, 6.07) is 10.9. The third kappa shape index (κ3) is 3.31. The van der Waals surface area contributed by atoms with Crippen LogP contribution in [0.15, 0.2) is 36.4 Å². The van der Waals surface area contributed by atoms with Gasteiger partial charge in [-0.15, -0.1) is 11.3 Å². The lowest BCUT2D eigenvalue weighted by atomic mass is 10.1. The normalized spacial score (nSPS) is 11.5. The summed E-state index contributed by atoms with van der Waals surface area (Å²) in [5.41, 5.74) is 3.16. The molecule has 4 rings (SSSR count). The standard InChI is InChI=1S/C20H16ClFN2O2S/c1-11-12(9-20(25)26)13-8-15(22)14(21)10-17(13)24(11)7-6-19-23-16-4-2-3-5-18(16)27-19/h2-5,8,10H,6-7,9H2,1H3,(H,25,26). The molecule has 7 heteroatoms. The van der Waals surface area contributed by atoms with Gasteiger partial charge in [0.15, 0.2) is 0 Å². The van der Waals surface area contributed by atoms with Crippen LogP contribution < -0.4 is 0 Å². The van der Waals surface area contributed by atoms with Gasteiger partial charge in [0.1, 0.15) is 5.82 Å². The molecule has 0 fully saturated rings. The van der Waals surface area contributed by atoms with Crippen molar-refractivity contribution < 1.29 is 14.3 Å². The van der Waals surface area contributed by atoms with Crippen molar-refractivity contribution in [3.8, 4) is 0 Å². The number of aromatic nitrogens is 2. The first-order chi connectivity index (χ1) is 12.9. The van der Waals surface area contributed by atoms with Crippen LogP contribution in [0.3, 0.4) is 0 Å². The molecule has 1 N–H and O–H groups in total. The zero-order valence-electron chi connectivity index (χ0n) is 14.5. The Labute approximate surface area is 163 Å². The summed E-state index contributed by atoms with van der Waals surface area (Å²) in [5, 5.41) is 10.9.